The summed E-state index contributed by atoms with van der Waals surface area (Å²) in [5.41, 5.74) is 1.44. The van der Waals surface area contributed by atoms with Crippen LogP contribution in [0.1, 0.15) is 11.5 Å². The number of rotatable bonds is 5. The Morgan fingerprint density at radius 3 is 2.79 bits per heavy atom. The number of benzene rings is 2. The van der Waals surface area contributed by atoms with Crippen LogP contribution in [0.2, 0.25) is 5.02 Å². The van der Waals surface area contributed by atoms with Gasteiger partial charge in [0.15, 0.2) is 6.61 Å². The molecule has 0 aliphatic carbocycles. The molecule has 8 heteroatoms. The minimum Gasteiger partial charge on any atom is -0.496 e. The number of fused-ring (bicyclic) bond motifs is 1. The lowest BCUT2D eigenvalue weighted by molar-refractivity contribution is 0.243. The molecule has 0 atom stereocenters. The minimum atomic E-state index is -0.434. The van der Waals surface area contributed by atoms with E-state index in [9.17, 15) is 4.79 Å². The number of halogens is 1. The molecule has 0 amide bonds. The van der Waals surface area contributed by atoms with Crippen LogP contribution < -0.4 is 15.1 Å². The molecule has 0 N–H and O–H groups in total. The van der Waals surface area contributed by atoms with Gasteiger partial charge in [-0.25, -0.2) is 4.79 Å². The average molecular weight is 399 g/mol. The average Bonchev–Trinajstić information content (AvgIpc) is 3.16. The van der Waals surface area contributed by atoms with Crippen LogP contribution in [0.5, 0.6) is 11.5 Å². The third-order valence-electron chi connectivity index (χ3n) is 4.17. The highest BCUT2D eigenvalue weighted by Crippen LogP contribution is 2.32. The van der Waals surface area contributed by atoms with Crippen LogP contribution in [0.3, 0.4) is 0 Å². The topological polar surface area (TPSA) is 87.6 Å². The molecule has 0 fully saturated rings. The van der Waals surface area contributed by atoms with E-state index in [1.165, 1.54) is 6.07 Å². The lowest BCUT2D eigenvalue weighted by Crippen LogP contribution is -2.00. The van der Waals surface area contributed by atoms with Gasteiger partial charge in [-0.1, -0.05) is 28.9 Å². The molecule has 0 spiro atoms. The number of aryl methyl sites for hydroxylation is 1. The summed E-state index contributed by atoms with van der Waals surface area (Å²) in [6, 6.07) is 12.0. The van der Waals surface area contributed by atoms with Crippen LogP contribution >= 0.6 is 11.6 Å². The van der Waals surface area contributed by atoms with Crippen LogP contribution in [0.15, 0.2) is 56.2 Å². The van der Waals surface area contributed by atoms with Crippen LogP contribution in [0.4, 0.5) is 0 Å². The van der Waals surface area contributed by atoms with Crippen molar-refractivity contribution in [2.45, 2.75) is 13.5 Å². The van der Waals surface area contributed by atoms with Gasteiger partial charge in [0.2, 0.25) is 5.82 Å². The van der Waals surface area contributed by atoms with Gasteiger partial charge >= 0.3 is 5.63 Å². The van der Waals surface area contributed by atoms with Crippen molar-refractivity contribution >= 4 is 22.6 Å². The van der Waals surface area contributed by atoms with Gasteiger partial charge in [-0.15, -0.1) is 0 Å². The quantitative estimate of drug-likeness (QED) is 0.460. The molecule has 0 saturated carbocycles. The van der Waals surface area contributed by atoms with Gasteiger partial charge in [-0.05, 0) is 30.7 Å². The summed E-state index contributed by atoms with van der Waals surface area (Å²) in [6.45, 7) is 1.82. The van der Waals surface area contributed by atoms with Crippen molar-refractivity contribution < 1.29 is 18.4 Å². The molecular formula is C20H15ClN2O5. The number of ether oxygens (including phenoxy) is 2. The van der Waals surface area contributed by atoms with Gasteiger partial charge in [0.05, 0.1) is 17.7 Å². The second kappa shape index (κ2) is 7.36. The molecule has 0 bridgehead atoms. The van der Waals surface area contributed by atoms with Crippen LogP contribution in [-0.2, 0) is 6.61 Å². The molecule has 142 valence electrons. The second-order valence-corrected chi connectivity index (χ2v) is 6.44. The highest BCUT2D eigenvalue weighted by atomic mass is 35.5. The fourth-order valence-electron chi connectivity index (χ4n) is 2.82. The van der Waals surface area contributed by atoms with Crippen LogP contribution in [-0.4, -0.2) is 17.3 Å². The summed E-state index contributed by atoms with van der Waals surface area (Å²) in [4.78, 5) is 15.9. The van der Waals surface area contributed by atoms with Crippen molar-refractivity contribution in [2.24, 2.45) is 0 Å². The number of aromatic nitrogens is 2. The monoisotopic (exact) mass is 398 g/mol. The molecule has 0 aliphatic heterocycles. The standard InChI is InChI=1S/C20H15ClN2O5/c1-11-7-19(24)27-16-9-17(14(21)8-13(11)16)26-10-18-22-20(23-28-18)12-5-3-4-6-15(12)25-2/h3-9H,10H2,1-2H3. The number of nitrogens with zero attached hydrogens (tertiary/aromatic N) is 2. The normalized spacial score (nSPS) is 11.0. The third-order valence-corrected chi connectivity index (χ3v) is 4.47. The zero-order valence-electron chi connectivity index (χ0n) is 15.1. The van der Waals surface area contributed by atoms with Crippen molar-refractivity contribution in [3.8, 4) is 22.9 Å². The zero-order chi connectivity index (χ0) is 19.7. The molecule has 7 nitrogen and oxygen atoms in total. The van der Waals surface area contributed by atoms with E-state index in [2.05, 4.69) is 10.1 Å². The molecule has 4 rings (SSSR count). The van der Waals surface area contributed by atoms with Crippen molar-refractivity contribution in [2.75, 3.05) is 7.11 Å². The summed E-state index contributed by atoms with van der Waals surface area (Å²) in [5.74, 6) is 1.64. The minimum absolute atomic E-state index is 0.00340. The van der Waals surface area contributed by atoms with Crippen molar-refractivity contribution in [1.82, 2.24) is 10.1 Å². The first-order valence-electron chi connectivity index (χ1n) is 8.38. The van der Waals surface area contributed by atoms with Crippen LogP contribution in [0, 0.1) is 6.92 Å². The first-order valence-corrected chi connectivity index (χ1v) is 8.75. The molecule has 0 saturated heterocycles. The maximum Gasteiger partial charge on any atom is 0.336 e. The van der Waals surface area contributed by atoms with Gasteiger partial charge in [0, 0.05) is 17.5 Å². The van der Waals surface area contributed by atoms with Gasteiger partial charge < -0.3 is 18.4 Å². The molecule has 2 aromatic heterocycles. The first kappa shape index (κ1) is 18.1. The number of para-hydroxylation sites is 1. The van der Waals surface area contributed by atoms with E-state index in [1.54, 1.807) is 19.2 Å². The molecule has 0 radical (unpaired) electrons. The summed E-state index contributed by atoms with van der Waals surface area (Å²) >= 11 is 6.29. The largest absolute Gasteiger partial charge is 0.496 e. The van der Waals surface area contributed by atoms with E-state index in [1.807, 2.05) is 31.2 Å². The van der Waals surface area contributed by atoms with Gasteiger partial charge in [-0.3, -0.25) is 0 Å². The van der Waals surface area contributed by atoms with Crippen molar-refractivity contribution in [3.05, 3.63) is 69.4 Å². The van der Waals surface area contributed by atoms with Crippen molar-refractivity contribution in [3.63, 3.8) is 0 Å². The Balaban J connectivity index is 1.58. The van der Waals surface area contributed by atoms with E-state index < -0.39 is 5.63 Å². The predicted octanol–water partition coefficient (Wildman–Crippen LogP) is 4.39. The maximum absolute atomic E-state index is 11.6. The number of hydrogen-bond donors (Lipinski definition) is 0. The van der Waals surface area contributed by atoms with Crippen molar-refractivity contribution in [1.29, 1.82) is 0 Å². The summed E-state index contributed by atoms with van der Waals surface area (Å²) in [5, 5.41) is 5.09. The Morgan fingerprint density at radius 2 is 1.96 bits per heavy atom. The summed E-state index contributed by atoms with van der Waals surface area (Å²) < 4.78 is 21.5. The Hall–Kier alpha value is -3.32. The molecule has 0 aliphatic rings. The molecular weight excluding hydrogens is 384 g/mol. The molecule has 2 heterocycles. The van der Waals surface area contributed by atoms with E-state index in [-0.39, 0.29) is 12.5 Å². The Kier molecular flexibility index (Phi) is 4.75. The smallest absolute Gasteiger partial charge is 0.336 e. The molecule has 4 aromatic rings. The Bertz CT molecular complexity index is 1210. The molecule has 28 heavy (non-hydrogen) atoms. The lowest BCUT2D eigenvalue weighted by Gasteiger charge is -2.08. The Labute approximate surface area is 164 Å². The summed E-state index contributed by atoms with van der Waals surface area (Å²) in [6.07, 6.45) is 0. The fraction of sp³-hybridized carbons (Fsp3) is 0.150. The molecule has 0 unspecified atom stereocenters. The van der Waals surface area contributed by atoms with Gasteiger partial charge in [0.25, 0.3) is 5.89 Å². The highest BCUT2D eigenvalue weighted by Gasteiger charge is 2.15. The van der Waals surface area contributed by atoms with E-state index >= 15 is 0 Å². The lowest BCUT2D eigenvalue weighted by atomic mass is 10.1. The van der Waals surface area contributed by atoms with E-state index in [0.29, 0.717) is 33.5 Å². The molecule has 2 aromatic carbocycles. The van der Waals surface area contributed by atoms with Crippen LogP contribution in [0.25, 0.3) is 22.4 Å². The number of hydrogen-bond acceptors (Lipinski definition) is 7. The third kappa shape index (κ3) is 3.44. The SMILES string of the molecule is COc1ccccc1-c1noc(COc2cc3oc(=O)cc(C)c3cc2Cl)n1. The van der Waals surface area contributed by atoms with E-state index in [4.69, 9.17) is 30.0 Å². The highest BCUT2D eigenvalue weighted by molar-refractivity contribution is 6.32. The van der Waals surface area contributed by atoms with Gasteiger partial charge in [-0.2, -0.15) is 4.98 Å². The van der Waals surface area contributed by atoms with Gasteiger partial charge in [0.1, 0.15) is 17.1 Å². The second-order valence-electron chi connectivity index (χ2n) is 6.03. The first-order chi connectivity index (χ1) is 13.5. The zero-order valence-corrected chi connectivity index (χ0v) is 15.8. The predicted molar refractivity (Wildman–Crippen MR) is 103 cm³/mol. The number of methoxy groups -OCH3 is 1. The van der Waals surface area contributed by atoms with E-state index in [0.717, 1.165) is 10.9 Å². The summed E-state index contributed by atoms with van der Waals surface area (Å²) in [7, 11) is 1.57. The maximum atomic E-state index is 11.6. The Morgan fingerprint density at radius 1 is 1.14 bits per heavy atom. The fourth-order valence-corrected chi connectivity index (χ4v) is 3.04.